The van der Waals surface area contributed by atoms with Gasteiger partial charge in [0.1, 0.15) is 12.6 Å². The predicted octanol–water partition coefficient (Wildman–Crippen LogP) is 3.92. The second kappa shape index (κ2) is 8.45. The van der Waals surface area contributed by atoms with Crippen LogP contribution in [0.25, 0.3) is 11.4 Å². The van der Waals surface area contributed by atoms with Crippen LogP contribution in [0.2, 0.25) is 25.7 Å². The molecule has 7 nitrogen and oxygen atoms in total. The molecule has 1 aromatic carbocycles. The van der Waals surface area contributed by atoms with Crippen molar-refractivity contribution in [3.05, 3.63) is 24.0 Å². The second-order valence-corrected chi connectivity index (χ2v) is 15.0. The van der Waals surface area contributed by atoms with Crippen molar-refractivity contribution in [2.45, 2.75) is 63.7 Å². The summed E-state index contributed by atoms with van der Waals surface area (Å²) in [6, 6.07) is 7.20. The number of aromatic nitrogens is 3. The number of anilines is 2. The molecule has 1 atom stereocenters. The molecule has 2 fully saturated rings. The Morgan fingerprint density at radius 2 is 2.03 bits per heavy atom. The van der Waals surface area contributed by atoms with Crippen LogP contribution in [0.15, 0.2) is 18.2 Å². The molecular formula is C21H33N5O2Si. The van der Waals surface area contributed by atoms with Gasteiger partial charge in [0, 0.05) is 39.3 Å². The van der Waals surface area contributed by atoms with E-state index in [1.54, 1.807) is 0 Å². The monoisotopic (exact) mass is 415 g/mol. The van der Waals surface area contributed by atoms with Gasteiger partial charge in [0.2, 0.25) is 0 Å². The largest absolute Gasteiger partial charge is 0.397 e. The maximum Gasteiger partial charge on any atom is 0.165 e. The molecule has 0 spiro atoms. The first-order valence-electron chi connectivity index (χ1n) is 10.7. The molecule has 29 heavy (non-hydrogen) atoms. The third-order valence-corrected chi connectivity index (χ3v) is 7.27. The minimum Gasteiger partial charge on any atom is -0.397 e. The fourth-order valence-corrected chi connectivity index (χ4v) is 4.12. The maximum atomic E-state index is 6.32. The lowest BCUT2D eigenvalue weighted by Crippen LogP contribution is -2.33. The van der Waals surface area contributed by atoms with Crippen LogP contribution in [-0.4, -0.2) is 48.7 Å². The number of nitrogens with one attached hydrogen (secondary N) is 1. The Labute approximate surface area is 174 Å². The lowest BCUT2D eigenvalue weighted by atomic mass is 10.1. The normalized spacial score (nSPS) is 19.2. The first kappa shape index (κ1) is 20.4. The van der Waals surface area contributed by atoms with Gasteiger partial charge in [-0.05, 0) is 43.5 Å². The zero-order chi connectivity index (χ0) is 20.4. The van der Waals surface area contributed by atoms with Crippen LogP contribution in [0.5, 0.6) is 0 Å². The highest BCUT2D eigenvalue weighted by molar-refractivity contribution is 6.76. The Balaban J connectivity index is 1.47. The zero-order valence-corrected chi connectivity index (χ0v) is 18.8. The van der Waals surface area contributed by atoms with Crippen LogP contribution in [0.4, 0.5) is 11.4 Å². The summed E-state index contributed by atoms with van der Waals surface area (Å²) in [7, 11) is -1.11. The number of ether oxygens (including phenoxy) is 2. The highest BCUT2D eigenvalue weighted by Gasteiger charge is 2.31. The molecule has 1 saturated heterocycles. The number of hydrogen-bond donors (Lipinski definition) is 2. The van der Waals surface area contributed by atoms with Crippen molar-refractivity contribution >= 4 is 19.4 Å². The molecule has 4 rings (SSSR count). The second-order valence-electron chi connectivity index (χ2n) is 9.40. The van der Waals surface area contributed by atoms with Gasteiger partial charge in [-0.3, -0.25) is 4.57 Å². The highest BCUT2D eigenvalue weighted by Crippen LogP contribution is 2.40. The zero-order valence-electron chi connectivity index (χ0n) is 17.8. The van der Waals surface area contributed by atoms with E-state index in [0.717, 1.165) is 55.1 Å². The summed E-state index contributed by atoms with van der Waals surface area (Å²) >= 11 is 0. The molecule has 1 saturated carbocycles. The summed E-state index contributed by atoms with van der Waals surface area (Å²) in [6.07, 6.45) is 3.77. The summed E-state index contributed by atoms with van der Waals surface area (Å²) < 4.78 is 13.6. The van der Waals surface area contributed by atoms with Crippen LogP contribution in [-0.2, 0) is 16.2 Å². The average Bonchev–Trinajstić information content (AvgIpc) is 3.38. The first-order valence-corrected chi connectivity index (χ1v) is 14.4. The smallest absolute Gasteiger partial charge is 0.165 e. The van der Waals surface area contributed by atoms with Crippen LogP contribution < -0.4 is 11.1 Å². The van der Waals surface area contributed by atoms with E-state index in [-0.39, 0.29) is 0 Å². The van der Waals surface area contributed by atoms with E-state index in [2.05, 4.69) is 45.8 Å². The Kier molecular flexibility index (Phi) is 5.94. The molecule has 3 N–H and O–H groups in total. The molecule has 0 radical (unpaired) electrons. The van der Waals surface area contributed by atoms with E-state index >= 15 is 0 Å². The molecule has 2 heterocycles. The number of rotatable bonds is 10. The Hall–Kier alpha value is -1.90. The molecular weight excluding hydrogens is 382 g/mol. The van der Waals surface area contributed by atoms with E-state index < -0.39 is 8.07 Å². The van der Waals surface area contributed by atoms with E-state index in [9.17, 15) is 0 Å². The lowest BCUT2D eigenvalue weighted by Gasteiger charge is -2.27. The fraction of sp³-hybridized carbons (Fsp3) is 0.619. The van der Waals surface area contributed by atoms with Crippen molar-refractivity contribution < 1.29 is 9.47 Å². The Morgan fingerprint density at radius 3 is 2.66 bits per heavy atom. The molecule has 1 unspecified atom stereocenters. The van der Waals surface area contributed by atoms with Gasteiger partial charge in [0.05, 0.1) is 17.5 Å². The summed E-state index contributed by atoms with van der Waals surface area (Å²) in [6.45, 7) is 10.0. The lowest BCUT2D eigenvalue weighted by molar-refractivity contribution is -0.0410. The quantitative estimate of drug-likeness (QED) is 0.347. The van der Waals surface area contributed by atoms with Gasteiger partial charge < -0.3 is 20.5 Å². The van der Waals surface area contributed by atoms with E-state index in [4.69, 9.17) is 15.2 Å². The molecule has 0 bridgehead atoms. The van der Waals surface area contributed by atoms with Crippen molar-refractivity contribution in [1.82, 2.24) is 14.8 Å². The van der Waals surface area contributed by atoms with E-state index in [1.807, 2.05) is 12.1 Å². The molecule has 0 amide bonds. The number of nitrogens with two attached hydrogens (primary N) is 1. The standard InChI is InChI=1S/C21H33N5O2Si/c1-29(2,3)11-10-27-14-26-20(15-4-5-15)24-25-21(26)16-6-7-19(18(22)12-16)23-13-17-8-9-28-17/h6-7,12,15,17,23H,4-5,8-11,13-14,22H2,1-3H3. The van der Waals surface area contributed by atoms with Crippen LogP contribution >= 0.6 is 0 Å². The summed E-state index contributed by atoms with van der Waals surface area (Å²) in [5.74, 6) is 2.38. The van der Waals surface area contributed by atoms with Crippen LogP contribution in [0.1, 0.15) is 31.0 Å². The number of nitrogens with zero attached hydrogens (tertiary/aromatic N) is 3. The van der Waals surface area contributed by atoms with Crippen molar-refractivity contribution in [2.75, 3.05) is 30.8 Å². The maximum absolute atomic E-state index is 6.32. The topological polar surface area (TPSA) is 87.2 Å². The molecule has 1 aromatic heterocycles. The first-order chi connectivity index (χ1) is 13.9. The molecule has 158 valence electrons. The minimum absolute atomic E-state index is 0.298. The van der Waals surface area contributed by atoms with E-state index in [0.29, 0.717) is 24.4 Å². The summed E-state index contributed by atoms with van der Waals surface area (Å²) in [5.41, 5.74) is 8.94. The molecule has 2 aliphatic rings. The van der Waals surface area contributed by atoms with Gasteiger partial charge in [-0.15, -0.1) is 10.2 Å². The van der Waals surface area contributed by atoms with Gasteiger partial charge in [-0.1, -0.05) is 19.6 Å². The summed E-state index contributed by atoms with van der Waals surface area (Å²) in [4.78, 5) is 0. The van der Waals surface area contributed by atoms with Crippen LogP contribution in [0.3, 0.4) is 0 Å². The van der Waals surface area contributed by atoms with Crippen molar-refractivity contribution in [1.29, 1.82) is 0 Å². The van der Waals surface area contributed by atoms with Gasteiger partial charge >= 0.3 is 0 Å². The number of hydrogen-bond acceptors (Lipinski definition) is 6. The highest BCUT2D eigenvalue weighted by atomic mass is 28.3. The third kappa shape index (κ3) is 5.18. The van der Waals surface area contributed by atoms with Gasteiger partial charge in [0.15, 0.2) is 5.82 Å². The van der Waals surface area contributed by atoms with Crippen molar-refractivity contribution in [2.24, 2.45) is 0 Å². The van der Waals surface area contributed by atoms with Gasteiger partial charge in [-0.2, -0.15) is 0 Å². The predicted molar refractivity (Wildman–Crippen MR) is 119 cm³/mol. The summed E-state index contributed by atoms with van der Waals surface area (Å²) in [5, 5.41) is 12.4. The molecule has 1 aliphatic heterocycles. The SMILES string of the molecule is C[Si](C)(C)CCOCn1c(-c2ccc(NCC3CCO3)c(N)c2)nnc1C1CC1. The molecule has 8 heteroatoms. The Bertz CT molecular complexity index is 840. The van der Waals surface area contributed by atoms with Crippen LogP contribution in [0, 0.1) is 0 Å². The number of benzene rings is 1. The van der Waals surface area contributed by atoms with E-state index in [1.165, 1.54) is 12.8 Å². The molecule has 1 aliphatic carbocycles. The minimum atomic E-state index is -1.11. The fourth-order valence-electron chi connectivity index (χ4n) is 3.37. The van der Waals surface area contributed by atoms with Crippen molar-refractivity contribution in [3.63, 3.8) is 0 Å². The number of nitrogen functional groups attached to an aromatic ring is 1. The van der Waals surface area contributed by atoms with Gasteiger partial charge in [-0.25, -0.2) is 0 Å². The average molecular weight is 416 g/mol. The molecule has 2 aromatic rings. The Morgan fingerprint density at radius 1 is 1.24 bits per heavy atom. The van der Waals surface area contributed by atoms with Gasteiger partial charge in [0.25, 0.3) is 0 Å². The third-order valence-electron chi connectivity index (χ3n) is 5.56. The van der Waals surface area contributed by atoms with Crippen molar-refractivity contribution in [3.8, 4) is 11.4 Å².